The number of rotatable bonds is 6. The van der Waals surface area contributed by atoms with Crippen LogP contribution in [0.1, 0.15) is 60.9 Å². The number of hydrogen-bond acceptors (Lipinski definition) is 5. The highest BCUT2D eigenvalue weighted by molar-refractivity contribution is 5.47. The molecule has 4 fully saturated rings. The Hall–Kier alpha value is -1.98. The molecule has 4 aliphatic carbocycles. The fourth-order valence-electron chi connectivity index (χ4n) is 7.76. The molecule has 2 aromatic rings. The van der Waals surface area contributed by atoms with E-state index in [-0.39, 0.29) is 11.5 Å². The standard InChI is InChI=1S/C27H36N4O/c1-18-3-2-4-19(7-18)15-31-6-5-23-24(16-31)29-17-30-26(23)28-14-25(32)27-11-20-8-21(12-27)10-22(9-20)13-27/h2-4,7,17,20-22,25,32H,5-6,8-16H2,1H3,(H,28,29,30). The molecule has 0 radical (unpaired) electrons. The van der Waals surface area contributed by atoms with Gasteiger partial charge in [0.2, 0.25) is 0 Å². The summed E-state index contributed by atoms with van der Waals surface area (Å²) < 4.78 is 0. The summed E-state index contributed by atoms with van der Waals surface area (Å²) >= 11 is 0. The lowest BCUT2D eigenvalue weighted by molar-refractivity contribution is -0.115. The Morgan fingerprint density at radius 1 is 1.12 bits per heavy atom. The molecule has 0 amide bonds. The van der Waals surface area contributed by atoms with Crippen molar-refractivity contribution in [2.75, 3.05) is 18.4 Å². The molecule has 1 atom stereocenters. The van der Waals surface area contributed by atoms with E-state index >= 15 is 0 Å². The molecular formula is C27H36N4O. The number of aliphatic hydroxyl groups excluding tert-OH is 1. The summed E-state index contributed by atoms with van der Waals surface area (Å²) in [6.07, 6.45) is 10.3. The molecule has 1 aromatic carbocycles. The van der Waals surface area contributed by atoms with Crippen molar-refractivity contribution in [3.05, 3.63) is 53.0 Å². The van der Waals surface area contributed by atoms with Gasteiger partial charge in [-0.15, -0.1) is 0 Å². The molecule has 5 aliphatic rings. The predicted molar refractivity (Wildman–Crippen MR) is 126 cm³/mol. The SMILES string of the molecule is Cc1cccc(CN2CCc3c(ncnc3NCC(O)C34CC5CC(CC(C5)C3)C4)C2)c1. The molecule has 4 saturated carbocycles. The van der Waals surface area contributed by atoms with Crippen LogP contribution in [0.4, 0.5) is 5.82 Å². The number of aryl methyl sites for hydroxylation is 1. The summed E-state index contributed by atoms with van der Waals surface area (Å²) in [5.74, 6) is 3.53. The number of anilines is 1. The number of aromatic nitrogens is 2. The van der Waals surface area contributed by atoms with Gasteiger partial charge in [0.15, 0.2) is 0 Å². The third-order valence-corrected chi connectivity index (χ3v) is 8.83. The summed E-state index contributed by atoms with van der Waals surface area (Å²) in [7, 11) is 0. The van der Waals surface area contributed by atoms with Gasteiger partial charge < -0.3 is 10.4 Å². The number of fused-ring (bicyclic) bond motifs is 1. The zero-order chi connectivity index (χ0) is 21.7. The maximum absolute atomic E-state index is 11.3. The quantitative estimate of drug-likeness (QED) is 0.711. The van der Waals surface area contributed by atoms with Crippen molar-refractivity contribution in [2.24, 2.45) is 23.2 Å². The molecule has 7 rings (SSSR count). The monoisotopic (exact) mass is 432 g/mol. The lowest BCUT2D eigenvalue weighted by atomic mass is 9.48. The Labute approximate surface area is 191 Å². The van der Waals surface area contributed by atoms with E-state index in [4.69, 9.17) is 0 Å². The van der Waals surface area contributed by atoms with E-state index < -0.39 is 0 Å². The second-order valence-electron chi connectivity index (χ2n) is 11.3. The maximum Gasteiger partial charge on any atom is 0.133 e. The first-order valence-electron chi connectivity index (χ1n) is 12.6. The lowest BCUT2D eigenvalue weighted by Crippen LogP contribution is -2.53. The van der Waals surface area contributed by atoms with Crippen LogP contribution in [0, 0.1) is 30.1 Å². The Balaban J connectivity index is 1.11. The van der Waals surface area contributed by atoms with Crippen LogP contribution in [0.2, 0.25) is 0 Å². The average molecular weight is 433 g/mol. The van der Waals surface area contributed by atoms with E-state index in [0.717, 1.165) is 55.3 Å². The van der Waals surface area contributed by atoms with Gasteiger partial charge in [-0.25, -0.2) is 9.97 Å². The average Bonchev–Trinajstić information content (AvgIpc) is 2.76. The summed E-state index contributed by atoms with van der Waals surface area (Å²) in [6.45, 7) is 5.60. The Morgan fingerprint density at radius 2 is 1.88 bits per heavy atom. The lowest BCUT2D eigenvalue weighted by Gasteiger charge is -2.58. The van der Waals surface area contributed by atoms with Gasteiger partial charge in [0.05, 0.1) is 11.8 Å². The largest absolute Gasteiger partial charge is 0.391 e. The van der Waals surface area contributed by atoms with Crippen molar-refractivity contribution in [1.29, 1.82) is 0 Å². The summed E-state index contributed by atoms with van der Waals surface area (Å²) in [4.78, 5) is 11.7. The van der Waals surface area contributed by atoms with Crippen LogP contribution >= 0.6 is 0 Å². The number of hydrogen-bond donors (Lipinski definition) is 2. The van der Waals surface area contributed by atoms with E-state index in [2.05, 4.69) is 51.4 Å². The maximum atomic E-state index is 11.3. The molecule has 5 heteroatoms. The molecule has 32 heavy (non-hydrogen) atoms. The van der Waals surface area contributed by atoms with Crippen molar-refractivity contribution in [2.45, 2.75) is 71.1 Å². The Morgan fingerprint density at radius 3 is 2.59 bits per heavy atom. The van der Waals surface area contributed by atoms with Crippen LogP contribution in [-0.4, -0.2) is 39.2 Å². The van der Waals surface area contributed by atoms with E-state index in [1.165, 1.54) is 55.2 Å². The van der Waals surface area contributed by atoms with Gasteiger partial charge >= 0.3 is 0 Å². The Bertz CT molecular complexity index is 954. The minimum absolute atomic E-state index is 0.152. The van der Waals surface area contributed by atoms with Crippen LogP contribution in [0.15, 0.2) is 30.6 Å². The normalized spacial score (nSPS) is 32.0. The molecule has 0 saturated heterocycles. The van der Waals surface area contributed by atoms with Gasteiger partial charge in [-0.1, -0.05) is 29.8 Å². The molecule has 2 N–H and O–H groups in total. The topological polar surface area (TPSA) is 61.3 Å². The van der Waals surface area contributed by atoms with Gasteiger partial charge in [0.25, 0.3) is 0 Å². The number of aliphatic hydroxyl groups is 1. The summed E-state index contributed by atoms with van der Waals surface area (Å²) in [5, 5.41) is 14.8. The van der Waals surface area contributed by atoms with Crippen molar-refractivity contribution in [3.8, 4) is 0 Å². The second-order valence-corrected chi connectivity index (χ2v) is 11.3. The van der Waals surface area contributed by atoms with Crippen molar-refractivity contribution in [1.82, 2.24) is 14.9 Å². The van der Waals surface area contributed by atoms with Crippen LogP contribution < -0.4 is 5.32 Å². The summed E-state index contributed by atoms with van der Waals surface area (Å²) in [6, 6.07) is 8.77. The van der Waals surface area contributed by atoms with E-state index in [1.54, 1.807) is 6.33 Å². The third-order valence-electron chi connectivity index (χ3n) is 8.83. The van der Waals surface area contributed by atoms with Gasteiger partial charge in [-0.3, -0.25) is 4.90 Å². The van der Waals surface area contributed by atoms with E-state index in [1.807, 2.05) is 0 Å². The zero-order valence-corrected chi connectivity index (χ0v) is 19.3. The van der Waals surface area contributed by atoms with E-state index in [0.29, 0.717) is 6.54 Å². The smallest absolute Gasteiger partial charge is 0.133 e. The van der Waals surface area contributed by atoms with Gasteiger partial charge in [0, 0.05) is 31.7 Å². The zero-order valence-electron chi connectivity index (χ0n) is 19.3. The molecule has 1 aliphatic heterocycles. The minimum atomic E-state index is -0.275. The second kappa shape index (κ2) is 8.11. The highest BCUT2D eigenvalue weighted by atomic mass is 16.3. The molecule has 5 nitrogen and oxygen atoms in total. The van der Waals surface area contributed by atoms with Crippen molar-refractivity contribution < 1.29 is 5.11 Å². The number of benzene rings is 1. The predicted octanol–water partition coefficient (Wildman–Crippen LogP) is 4.33. The first-order valence-corrected chi connectivity index (χ1v) is 12.6. The Kier molecular flexibility index (Phi) is 5.22. The van der Waals surface area contributed by atoms with Crippen molar-refractivity contribution in [3.63, 3.8) is 0 Å². The molecule has 2 heterocycles. The first-order chi connectivity index (χ1) is 15.6. The fourth-order valence-corrected chi connectivity index (χ4v) is 7.76. The molecule has 1 unspecified atom stereocenters. The van der Waals surface area contributed by atoms with Crippen molar-refractivity contribution >= 4 is 5.82 Å². The number of nitrogens with zero attached hydrogens (tertiary/aromatic N) is 3. The first kappa shape index (κ1) is 20.6. The van der Waals surface area contributed by atoms with Gasteiger partial charge in [0.1, 0.15) is 12.1 Å². The van der Waals surface area contributed by atoms with Crippen LogP contribution in [0.3, 0.4) is 0 Å². The van der Waals surface area contributed by atoms with Crippen LogP contribution in [0.5, 0.6) is 0 Å². The van der Waals surface area contributed by atoms with E-state index in [9.17, 15) is 5.11 Å². The van der Waals surface area contributed by atoms with Gasteiger partial charge in [-0.2, -0.15) is 0 Å². The fraction of sp³-hybridized carbons (Fsp3) is 0.630. The molecule has 4 bridgehead atoms. The highest BCUT2D eigenvalue weighted by Crippen LogP contribution is 2.61. The molecule has 1 aromatic heterocycles. The molecule has 170 valence electrons. The minimum Gasteiger partial charge on any atom is -0.391 e. The molecular weight excluding hydrogens is 396 g/mol. The number of nitrogens with one attached hydrogen (secondary N) is 1. The highest BCUT2D eigenvalue weighted by Gasteiger charge is 2.53. The summed E-state index contributed by atoms with van der Waals surface area (Å²) in [5.41, 5.74) is 5.20. The molecule has 0 spiro atoms. The third kappa shape index (κ3) is 3.84. The van der Waals surface area contributed by atoms with Crippen LogP contribution in [-0.2, 0) is 19.5 Å². The van der Waals surface area contributed by atoms with Gasteiger partial charge in [-0.05, 0) is 80.6 Å². The van der Waals surface area contributed by atoms with Crippen LogP contribution in [0.25, 0.3) is 0 Å².